The Balaban J connectivity index is 2.14. The Bertz CT molecular complexity index is 678. The van der Waals surface area contributed by atoms with Gasteiger partial charge in [-0.1, -0.05) is 12.0 Å². The maximum Gasteiger partial charge on any atom is 0.120 e. The van der Waals surface area contributed by atoms with Crippen LogP contribution in [0.1, 0.15) is 16.7 Å². The fourth-order valence-electron chi connectivity index (χ4n) is 1.71. The van der Waals surface area contributed by atoms with Gasteiger partial charge in [-0.2, -0.15) is 5.26 Å². The molecule has 92 valence electrons. The molecule has 2 aromatic rings. The van der Waals surface area contributed by atoms with Crippen molar-refractivity contribution in [1.82, 2.24) is 0 Å². The summed E-state index contributed by atoms with van der Waals surface area (Å²) in [6.07, 6.45) is 5.33. The van der Waals surface area contributed by atoms with Gasteiger partial charge in [0, 0.05) is 23.4 Å². The van der Waals surface area contributed by atoms with E-state index in [0.29, 0.717) is 17.7 Å². The van der Waals surface area contributed by atoms with Crippen LogP contribution in [0.15, 0.2) is 42.5 Å². The van der Waals surface area contributed by atoms with Crippen molar-refractivity contribution in [3.63, 3.8) is 0 Å². The first kappa shape index (κ1) is 12.5. The quantitative estimate of drug-likeness (QED) is 0.821. The molecule has 0 spiro atoms. The average molecular weight is 248 g/mol. The number of nitrogens with zero attached hydrogens (tertiary/aromatic N) is 1. The molecule has 2 rings (SSSR count). The van der Waals surface area contributed by atoms with Crippen LogP contribution < -0.4 is 5.32 Å². The minimum absolute atomic E-state index is 0.166. The van der Waals surface area contributed by atoms with Crippen molar-refractivity contribution < 1.29 is 5.11 Å². The van der Waals surface area contributed by atoms with Crippen molar-refractivity contribution in [2.45, 2.75) is 6.54 Å². The molecule has 0 fully saturated rings. The van der Waals surface area contributed by atoms with Gasteiger partial charge in [0.05, 0.1) is 11.6 Å². The van der Waals surface area contributed by atoms with Gasteiger partial charge in [-0.15, -0.1) is 6.42 Å². The molecule has 2 aromatic carbocycles. The molecule has 2 N–H and O–H groups in total. The molecule has 0 radical (unpaired) electrons. The molecule has 3 heteroatoms. The van der Waals surface area contributed by atoms with Crippen molar-refractivity contribution in [1.29, 1.82) is 5.26 Å². The summed E-state index contributed by atoms with van der Waals surface area (Å²) in [6.45, 7) is 0.426. The molecular weight excluding hydrogens is 236 g/mol. The lowest BCUT2D eigenvalue weighted by atomic mass is 10.1. The highest BCUT2D eigenvalue weighted by Crippen LogP contribution is 2.20. The number of phenolic OH excluding ortho intramolecular Hbond substituents is 1. The first-order chi connectivity index (χ1) is 9.22. The third kappa shape index (κ3) is 3.06. The fraction of sp³-hybridized carbons (Fsp3) is 0.0625. The van der Waals surface area contributed by atoms with E-state index in [1.807, 2.05) is 30.3 Å². The molecule has 0 aliphatic heterocycles. The summed E-state index contributed by atoms with van der Waals surface area (Å²) in [4.78, 5) is 0. The molecule has 0 atom stereocenters. The monoisotopic (exact) mass is 248 g/mol. The molecule has 19 heavy (non-hydrogen) atoms. The Morgan fingerprint density at radius 1 is 1.16 bits per heavy atom. The van der Waals surface area contributed by atoms with E-state index in [9.17, 15) is 5.11 Å². The fourth-order valence-corrected chi connectivity index (χ4v) is 1.71. The van der Waals surface area contributed by atoms with Crippen LogP contribution in [0.25, 0.3) is 0 Å². The van der Waals surface area contributed by atoms with Crippen LogP contribution in [0.5, 0.6) is 5.75 Å². The third-order valence-electron chi connectivity index (χ3n) is 2.72. The number of anilines is 1. The van der Waals surface area contributed by atoms with E-state index in [2.05, 4.69) is 11.2 Å². The second-order valence-corrected chi connectivity index (χ2v) is 4.03. The van der Waals surface area contributed by atoms with Gasteiger partial charge < -0.3 is 10.4 Å². The van der Waals surface area contributed by atoms with Crippen molar-refractivity contribution in [2.75, 3.05) is 5.32 Å². The first-order valence-electron chi connectivity index (χ1n) is 5.75. The van der Waals surface area contributed by atoms with E-state index < -0.39 is 0 Å². The summed E-state index contributed by atoms with van der Waals surface area (Å²) in [5.41, 5.74) is 2.86. The van der Waals surface area contributed by atoms with Gasteiger partial charge in [0.2, 0.25) is 0 Å². The van der Waals surface area contributed by atoms with Gasteiger partial charge >= 0.3 is 0 Å². The SMILES string of the molecule is C#Cc1cccc(NCc2cc(C#N)ccc2O)c1. The van der Waals surface area contributed by atoms with Gasteiger partial charge in [-0.25, -0.2) is 0 Å². The smallest absolute Gasteiger partial charge is 0.120 e. The van der Waals surface area contributed by atoms with E-state index in [1.165, 1.54) is 6.07 Å². The Morgan fingerprint density at radius 2 is 2.00 bits per heavy atom. The Hall–Kier alpha value is -2.91. The lowest BCUT2D eigenvalue weighted by molar-refractivity contribution is 0.469. The maximum atomic E-state index is 9.73. The molecule has 0 amide bonds. The zero-order valence-corrected chi connectivity index (χ0v) is 10.2. The van der Waals surface area contributed by atoms with Crippen molar-refractivity contribution in [2.24, 2.45) is 0 Å². The summed E-state index contributed by atoms with van der Waals surface area (Å²) in [5, 5.41) is 21.7. The molecule has 0 saturated heterocycles. The summed E-state index contributed by atoms with van der Waals surface area (Å²) < 4.78 is 0. The highest BCUT2D eigenvalue weighted by molar-refractivity contribution is 5.51. The Kier molecular flexibility index (Phi) is 3.71. The predicted molar refractivity (Wildman–Crippen MR) is 74.5 cm³/mol. The van der Waals surface area contributed by atoms with E-state index in [-0.39, 0.29) is 5.75 Å². The normalized spacial score (nSPS) is 9.37. The van der Waals surface area contributed by atoms with E-state index in [4.69, 9.17) is 11.7 Å². The number of hydrogen-bond acceptors (Lipinski definition) is 3. The molecule has 0 aliphatic carbocycles. The molecule has 0 aliphatic rings. The zero-order chi connectivity index (χ0) is 13.7. The van der Waals surface area contributed by atoms with E-state index in [1.54, 1.807) is 12.1 Å². The maximum absolute atomic E-state index is 9.73. The van der Waals surface area contributed by atoms with Crippen LogP contribution in [-0.4, -0.2) is 5.11 Å². The molecule has 3 nitrogen and oxygen atoms in total. The topological polar surface area (TPSA) is 56.0 Å². The summed E-state index contributed by atoms with van der Waals surface area (Å²) in [5.74, 6) is 2.73. The molecule has 0 bridgehead atoms. The molecule has 0 heterocycles. The van der Waals surface area contributed by atoms with Crippen molar-refractivity contribution >= 4 is 5.69 Å². The summed E-state index contributed by atoms with van der Waals surface area (Å²) >= 11 is 0. The number of terminal acetylenes is 1. The van der Waals surface area contributed by atoms with Gasteiger partial charge in [0.25, 0.3) is 0 Å². The van der Waals surface area contributed by atoms with Crippen LogP contribution in [0, 0.1) is 23.7 Å². The minimum Gasteiger partial charge on any atom is -0.508 e. The number of nitriles is 1. The Labute approximate surface area is 112 Å². The molecule has 0 aromatic heterocycles. The third-order valence-corrected chi connectivity index (χ3v) is 2.72. The standard InChI is InChI=1S/C16H12N2O/c1-2-12-4-3-5-15(9-12)18-11-14-8-13(10-17)6-7-16(14)19/h1,3-9,18-19H,11H2. The van der Waals surface area contributed by atoms with E-state index in [0.717, 1.165) is 11.3 Å². The van der Waals surface area contributed by atoms with Crippen LogP contribution in [-0.2, 0) is 6.54 Å². The minimum atomic E-state index is 0.166. The number of rotatable bonds is 3. The highest BCUT2D eigenvalue weighted by atomic mass is 16.3. The predicted octanol–water partition coefficient (Wildman–Crippen LogP) is 2.86. The van der Waals surface area contributed by atoms with Crippen LogP contribution in [0.4, 0.5) is 5.69 Å². The van der Waals surface area contributed by atoms with E-state index >= 15 is 0 Å². The summed E-state index contributed by atoms with van der Waals surface area (Å²) in [6, 6.07) is 14.3. The van der Waals surface area contributed by atoms with Crippen LogP contribution >= 0.6 is 0 Å². The first-order valence-corrected chi connectivity index (χ1v) is 5.75. The Morgan fingerprint density at radius 3 is 2.74 bits per heavy atom. The number of phenols is 1. The molecular formula is C16H12N2O. The lowest BCUT2D eigenvalue weighted by Gasteiger charge is -2.08. The van der Waals surface area contributed by atoms with Crippen LogP contribution in [0.3, 0.4) is 0 Å². The average Bonchev–Trinajstić information content (AvgIpc) is 2.46. The second kappa shape index (κ2) is 5.62. The lowest BCUT2D eigenvalue weighted by Crippen LogP contribution is -2.00. The van der Waals surface area contributed by atoms with Gasteiger partial charge in [-0.3, -0.25) is 0 Å². The number of aromatic hydroxyl groups is 1. The van der Waals surface area contributed by atoms with Gasteiger partial charge in [0.1, 0.15) is 5.75 Å². The number of hydrogen-bond donors (Lipinski definition) is 2. The number of nitrogens with one attached hydrogen (secondary N) is 1. The van der Waals surface area contributed by atoms with Gasteiger partial charge in [-0.05, 0) is 36.4 Å². The van der Waals surface area contributed by atoms with Crippen molar-refractivity contribution in [3.8, 4) is 24.2 Å². The largest absolute Gasteiger partial charge is 0.508 e. The zero-order valence-electron chi connectivity index (χ0n) is 10.2. The highest BCUT2D eigenvalue weighted by Gasteiger charge is 2.03. The number of benzene rings is 2. The summed E-state index contributed by atoms with van der Waals surface area (Å²) in [7, 11) is 0. The molecule has 0 unspecified atom stereocenters. The van der Waals surface area contributed by atoms with Crippen LogP contribution in [0.2, 0.25) is 0 Å². The second-order valence-electron chi connectivity index (χ2n) is 4.03. The van der Waals surface area contributed by atoms with Crippen molar-refractivity contribution in [3.05, 3.63) is 59.2 Å². The molecule has 0 saturated carbocycles. The van der Waals surface area contributed by atoms with Gasteiger partial charge in [0.15, 0.2) is 0 Å².